The first-order valence-electron chi connectivity index (χ1n) is 9.07. The summed E-state index contributed by atoms with van der Waals surface area (Å²) >= 11 is 0. The second kappa shape index (κ2) is 10.2. The summed E-state index contributed by atoms with van der Waals surface area (Å²) in [6.07, 6.45) is 6.52. The van der Waals surface area contributed by atoms with Crippen LogP contribution in [0.15, 0.2) is 35.3 Å². The quantitative estimate of drug-likeness (QED) is 0.404. The van der Waals surface area contributed by atoms with Crippen LogP contribution in [0.5, 0.6) is 0 Å². The molecule has 1 saturated heterocycles. The molecule has 0 aromatic heterocycles. The Morgan fingerprint density at radius 1 is 1.12 bits per heavy atom. The largest absolute Gasteiger partial charge is 0.356 e. The van der Waals surface area contributed by atoms with E-state index in [1.165, 1.54) is 37.7 Å². The zero-order valence-electron chi connectivity index (χ0n) is 14.7. The Hall–Kier alpha value is -0.820. The number of nitrogens with zero attached hydrogens (tertiary/aromatic N) is 2. The van der Waals surface area contributed by atoms with E-state index in [0.29, 0.717) is 6.04 Å². The van der Waals surface area contributed by atoms with E-state index in [4.69, 9.17) is 0 Å². The van der Waals surface area contributed by atoms with Crippen molar-refractivity contribution < 1.29 is 0 Å². The molecule has 24 heavy (non-hydrogen) atoms. The van der Waals surface area contributed by atoms with E-state index in [0.717, 1.165) is 38.1 Å². The Morgan fingerprint density at radius 3 is 2.46 bits per heavy atom. The van der Waals surface area contributed by atoms with Crippen LogP contribution in [0.3, 0.4) is 0 Å². The van der Waals surface area contributed by atoms with Crippen molar-refractivity contribution in [2.45, 2.75) is 44.7 Å². The Bertz CT molecular complexity index is 493. The Morgan fingerprint density at radius 2 is 1.83 bits per heavy atom. The fraction of sp³-hybridized carbons (Fsp3) is 0.632. The van der Waals surface area contributed by atoms with Crippen molar-refractivity contribution in [1.29, 1.82) is 0 Å². The topological polar surface area (TPSA) is 39.7 Å². The minimum atomic E-state index is 0. The Kier molecular flexibility index (Phi) is 8.32. The molecule has 0 unspecified atom stereocenters. The molecule has 1 aliphatic heterocycles. The highest BCUT2D eigenvalue weighted by Crippen LogP contribution is 2.31. The van der Waals surface area contributed by atoms with Crippen LogP contribution in [0.4, 0.5) is 0 Å². The van der Waals surface area contributed by atoms with Crippen molar-refractivity contribution in [2.75, 3.05) is 26.7 Å². The first-order valence-corrected chi connectivity index (χ1v) is 9.07. The molecular formula is C19H31IN4. The van der Waals surface area contributed by atoms with Gasteiger partial charge in [-0.15, -0.1) is 24.0 Å². The van der Waals surface area contributed by atoms with Crippen LogP contribution >= 0.6 is 24.0 Å². The molecule has 1 aliphatic carbocycles. The third kappa shape index (κ3) is 6.59. The average molecular weight is 442 g/mol. The lowest BCUT2D eigenvalue weighted by Crippen LogP contribution is -2.48. The molecule has 0 spiro atoms. The molecule has 0 amide bonds. The van der Waals surface area contributed by atoms with E-state index in [2.05, 4.69) is 50.9 Å². The standard InChI is InChI=1S/C19H30N4.HI/c1-20-19(21-12-9-16-7-8-16)22-18-10-13-23(14-11-18)15-17-5-3-2-4-6-17;/h2-6,16,18H,7-15H2,1H3,(H2,20,21,22);1H. The van der Waals surface area contributed by atoms with Gasteiger partial charge in [0, 0.05) is 39.3 Å². The SMILES string of the molecule is CN=C(NCCC1CC1)NC1CCN(Cc2ccccc2)CC1.I. The predicted octanol–water partition coefficient (Wildman–Crippen LogP) is 3.23. The minimum absolute atomic E-state index is 0. The van der Waals surface area contributed by atoms with Crippen molar-refractivity contribution in [2.24, 2.45) is 10.9 Å². The second-order valence-corrected chi connectivity index (χ2v) is 6.91. The first-order chi connectivity index (χ1) is 11.3. The second-order valence-electron chi connectivity index (χ2n) is 6.91. The Balaban J connectivity index is 0.00000208. The van der Waals surface area contributed by atoms with Crippen molar-refractivity contribution >= 4 is 29.9 Å². The van der Waals surface area contributed by atoms with Gasteiger partial charge in [-0.2, -0.15) is 0 Å². The highest BCUT2D eigenvalue weighted by Gasteiger charge is 2.22. The number of hydrogen-bond donors (Lipinski definition) is 2. The molecule has 134 valence electrons. The van der Waals surface area contributed by atoms with Crippen molar-refractivity contribution in [3.8, 4) is 0 Å². The lowest BCUT2D eigenvalue weighted by molar-refractivity contribution is 0.198. The van der Waals surface area contributed by atoms with Crippen LogP contribution in [0.25, 0.3) is 0 Å². The number of nitrogens with one attached hydrogen (secondary N) is 2. The lowest BCUT2D eigenvalue weighted by atomic mass is 10.0. The molecule has 3 rings (SSSR count). The fourth-order valence-corrected chi connectivity index (χ4v) is 3.27. The molecule has 5 heteroatoms. The van der Waals surface area contributed by atoms with Crippen molar-refractivity contribution in [3.63, 3.8) is 0 Å². The van der Waals surface area contributed by atoms with Gasteiger partial charge in [0.05, 0.1) is 0 Å². The van der Waals surface area contributed by atoms with E-state index in [1.54, 1.807) is 0 Å². The smallest absolute Gasteiger partial charge is 0.191 e. The maximum Gasteiger partial charge on any atom is 0.191 e. The van der Waals surface area contributed by atoms with E-state index in [-0.39, 0.29) is 24.0 Å². The van der Waals surface area contributed by atoms with Gasteiger partial charge in [-0.3, -0.25) is 9.89 Å². The summed E-state index contributed by atoms with van der Waals surface area (Å²) in [4.78, 5) is 6.92. The molecule has 1 aromatic carbocycles. The molecule has 1 aromatic rings. The van der Waals surface area contributed by atoms with Gasteiger partial charge < -0.3 is 10.6 Å². The number of benzene rings is 1. The summed E-state index contributed by atoms with van der Waals surface area (Å²) in [6.45, 7) is 4.44. The Labute approximate surface area is 163 Å². The van der Waals surface area contributed by atoms with Crippen LogP contribution < -0.4 is 10.6 Å². The molecule has 0 bridgehead atoms. The zero-order chi connectivity index (χ0) is 15.9. The first kappa shape index (κ1) is 19.5. The lowest BCUT2D eigenvalue weighted by Gasteiger charge is -2.33. The summed E-state index contributed by atoms with van der Waals surface area (Å²) in [5.41, 5.74) is 1.41. The maximum absolute atomic E-state index is 4.37. The van der Waals surface area contributed by atoms with Gasteiger partial charge in [-0.1, -0.05) is 43.2 Å². The molecule has 4 nitrogen and oxygen atoms in total. The van der Waals surface area contributed by atoms with Crippen LogP contribution in [-0.2, 0) is 6.54 Å². The molecule has 2 aliphatic rings. The third-order valence-corrected chi connectivity index (χ3v) is 4.94. The summed E-state index contributed by atoms with van der Waals surface area (Å²) in [5, 5.41) is 7.06. The monoisotopic (exact) mass is 442 g/mol. The van der Waals surface area contributed by atoms with E-state index in [9.17, 15) is 0 Å². The van der Waals surface area contributed by atoms with Crippen molar-refractivity contribution in [3.05, 3.63) is 35.9 Å². The highest BCUT2D eigenvalue weighted by atomic mass is 127. The molecule has 0 atom stereocenters. The number of hydrogen-bond acceptors (Lipinski definition) is 2. The van der Waals surface area contributed by atoms with E-state index in [1.807, 2.05) is 7.05 Å². The number of halogens is 1. The van der Waals surface area contributed by atoms with Gasteiger partial charge in [0.1, 0.15) is 0 Å². The predicted molar refractivity (Wildman–Crippen MR) is 112 cm³/mol. The van der Waals surface area contributed by atoms with Gasteiger partial charge >= 0.3 is 0 Å². The summed E-state index contributed by atoms with van der Waals surface area (Å²) in [6, 6.07) is 11.3. The van der Waals surface area contributed by atoms with Crippen LogP contribution in [0.2, 0.25) is 0 Å². The number of aliphatic imine (C=N–C) groups is 1. The van der Waals surface area contributed by atoms with Gasteiger partial charge in [-0.05, 0) is 30.7 Å². The van der Waals surface area contributed by atoms with Crippen LogP contribution in [0.1, 0.15) is 37.7 Å². The van der Waals surface area contributed by atoms with Gasteiger partial charge in [0.15, 0.2) is 5.96 Å². The molecule has 0 radical (unpaired) electrons. The summed E-state index contributed by atoms with van der Waals surface area (Å²) in [5.74, 6) is 1.95. The van der Waals surface area contributed by atoms with Crippen LogP contribution in [0, 0.1) is 5.92 Å². The van der Waals surface area contributed by atoms with Crippen LogP contribution in [-0.4, -0.2) is 43.6 Å². The number of likely N-dealkylation sites (tertiary alicyclic amines) is 1. The highest BCUT2D eigenvalue weighted by molar-refractivity contribution is 14.0. The van der Waals surface area contributed by atoms with E-state index < -0.39 is 0 Å². The van der Waals surface area contributed by atoms with Gasteiger partial charge in [0.2, 0.25) is 0 Å². The molecular weight excluding hydrogens is 411 g/mol. The fourth-order valence-electron chi connectivity index (χ4n) is 3.27. The van der Waals surface area contributed by atoms with Gasteiger partial charge in [-0.25, -0.2) is 0 Å². The number of guanidine groups is 1. The normalized spacial score (nSPS) is 19.6. The number of piperidine rings is 1. The zero-order valence-corrected chi connectivity index (χ0v) is 17.0. The summed E-state index contributed by atoms with van der Waals surface area (Å²) < 4.78 is 0. The van der Waals surface area contributed by atoms with Gasteiger partial charge in [0.25, 0.3) is 0 Å². The maximum atomic E-state index is 4.37. The molecule has 1 saturated carbocycles. The molecule has 2 fully saturated rings. The number of rotatable bonds is 6. The molecule has 2 N–H and O–H groups in total. The summed E-state index contributed by atoms with van der Waals surface area (Å²) in [7, 11) is 1.87. The minimum Gasteiger partial charge on any atom is -0.356 e. The van der Waals surface area contributed by atoms with Crippen molar-refractivity contribution in [1.82, 2.24) is 15.5 Å². The average Bonchev–Trinajstić information content (AvgIpc) is 3.41. The third-order valence-electron chi connectivity index (χ3n) is 4.94. The van der Waals surface area contributed by atoms with E-state index >= 15 is 0 Å². The molecule has 1 heterocycles.